The lowest BCUT2D eigenvalue weighted by molar-refractivity contribution is -0.139. The molecule has 1 rings (SSSR count). The third-order valence-corrected chi connectivity index (χ3v) is 2.27. The monoisotopic (exact) mass is 240 g/mol. The van der Waals surface area contributed by atoms with E-state index in [-0.39, 0.29) is 12.2 Å². The fraction of sp³-hybridized carbons (Fsp3) is 0.364. The average molecular weight is 240 g/mol. The Morgan fingerprint density at radius 3 is 2.47 bits per heavy atom. The fourth-order valence-electron chi connectivity index (χ4n) is 1.27. The number of nitrogens with one attached hydrogen (secondary N) is 1. The number of aliphatic carboxylic acids is 1. The highest BCUT2D eigenvalue weighted by atomic mass is 16.4. The highest BCUT2D eigenvalue weighted by Crippen LogP contribution is 2.09. The lowest BCUT2D eigenvalue weighted by atomic mass is 10.2. The predicted octanol–water partition coefficient (Wildman–Crippen LogP) is -0.398. The van der Waals surface area contributed by atoms with Gasteiger partial charge in [0, 0.05) is 13.0 Å². The molecule has 6 nitrogen and oxygen atoms in total. The molecule has 0 aliphatic carbocycles. The van der Waals surface area contributed by atoms with Crippen molar-refractivity contribution in [3.05, 3.63) is 29.8 Å². The molecule has 6 heteroatoms. The number of carbonyl (C=O) groups is 1. The Labute approximate surface area is 98.7 Å². The third-order valence-electron chi connectivity index (χ3n) is 2.27. The normalized spacial score (nSPS) is 14.2. The van der Waals surface area contributed by atoms with Crippen molar-refractivity contribution in [1.82, 2.24) is 5.32 Å². The zero-order chi connectivity index (χ0) is 12.8. The van der Waals surface area contributed by atoms with Crippen molar-refractivity contribution in [1.29, 1.82) is 0 Å². The molecule has 1 aromatic rings. The minimum Gasteiger partial charge on any atom is -0.508 e. The summed E-state index contributed by atoms with van der Waals surface area (Å²) in [4.78, 5) is 10.5. The van der Waals surface area contributed by atoms with Gasteiger partial charge in [-0.2, -0.15) is 0 Å². The van der Waals surface area contributed by atoms with E-state index in [2.05, 4.69) is 5.32 Å². The molecule has 17 heavy (non-hydrogen) atoms. The molecular weight excluding hydrogens is 224 g/mol. The van der Waals surface area contributed by atoms with Gasteiger partial charge in [-0.15, -0.1) is 0 Å². The van der Waals surface area contributed by atoms with E-state index in [0.29, 0.717) is 6.54 Å². The molecule has 0 bridgehead atoms. The van der Waals surface area contributed by atoms with Crippen LogP contribution in [0.4, 0.5) is 0 Å². The van der Waals surface area contributed by atoms with Gasteiger partial charge in [0.15, 0.2) is 0 Å². The van der Waals surface area contributed by atoms with Gasteiger partial charge in [-0.25, -0.2) is 0 Å². The largest absolute Gasteiger partial charge is 0.508 e. The van der Waals surface area contributed by atoms with E-state index in [0.717, 1.165) is 5.56 Å². The first kappa shape index (κ1) is 13.4. The van der Waals surface area contributed by atoms with Crippen LogP contribution in [0.3, 0.4) is 0 Å². The van der Waals surface area contributed by atoms with E-state index in [1.165, 1.54) is 12.1 Å². The van der Waals surface area contributed by atoms with Crippen molar-refractivity contribution in [3.8, 4) is 5.75 Å². The summed E-state index contributed by atoms with van der Waals surface area (Å²) in [5.41, 5.74) is 6.14. The number of rotatable bonds is 6. The van der Waals surface area contributed by atoms with Crippen molar-refractivity contribution < 1.29 is 20.1 Å². The third kappa shape index (κ3) is 4.81. The van der Waals surface area contributed by atoms with Gasteiger partial charge >= 0.3 is 5.97 Å². The molecule has 0 amide bonds. The molecule has 6 N–H and O–H groups in total. The highest BCUT2D eigenvalue weighted by Gasteiger charge is 2.16. The maximum atomic E-state index is 10.5. The van der Waals surface area contributed by atoms with Gasteiger partial charge < -0.3 is 21.1 Å². The second-order valence-corrected chi connectivity index (χ2v) is 3.74. The molecule has 0 aliphatic heterocycles. The number of carboxylic acids is 1. The number of aliphatic hydroxyl groups is 1. The van der Waals surface area contributed by atoms with Gasteiger partial charge in [0.25, 0.3) is 0 Å². The van der Waals surface area contributed by atoms with E-state index in [1.807, 2.05) is 0 Å². The summed E-state index contributed by atoms with van der Waals surface area (Å²) in [6, 6.07) is 5.38. The quantitative estimate of drug-likeness (QED) is 0.432. The average Bonchev–Trinajstić information content (AvgIpc) is 2.28. The van der Waals surface area contributed by atoms with Crippen molar-refractivity contribution >= 4 is 5.97 Å². The Morgan fingerprint density at radius 1 is 1.35 bits per heavy atom. The van der Waals surface area contributed by atoms with Crippen LogP contribution in [-0.4, -0.2) is 33.6 Å². The number of phenolic OH excluding ortho intramolecular Hbond substituents is 1. The molecule has 0 aliphatic rings. The van der Waals surface area contributed by atoms with Crippen molar-refractivity contribution in [2.24, 2.45) is 5.73 Å². The van der Waals surface area contributed by atoms with Crippen LogP contribution in [0.25, 0.3) is 0 Å². The first-order valence-electron chi connectivity index (χ1n) is 5.17. The Bertz CT molecular complexity index is 366. The summed E-state index contributed by atoms with van der Waals surface area (Å²) in [5, 5.41) is 29.8. The molecule has 0 heterocycles. The minimum atomic E-state index is -1.14. The van der Waals surface area contributed by atoms with Gasteiger partial charge in [-0.3, -0.25) is 10.1 Å². The van der Waals surface area contributed by atoms with Gasteiger partial charge in [0.2, 0.25) is 0 Å². The van der Waals surface area contributed by atoms with Gasteiger partial charge in [0.1, 0.15) is 18.0 Å². The molecule has 0 spiro atoms. The molecule has 0 saturated heterocycles. The number of carboxylic acid groups (broad SMARTS) is 1. The fourth-order valence-corrected chi connectivity index (χ4v) is 1.27. The van der Waals surface area contributed by atoms with Crippen LogP contribution in [0, 0.1) is 0 Å². The molecule has 1 unspecified atom stereocenters. The van der Waals surface area contributed by atoms with Crippen LogP contribution in [0.15, 0.2) is 24.3 Å². The molecule has 0 saturated carbocycles. The highest BCUT2D eigenvalue weighted by molar-refractivity contribution is 5.73. The summed E-state index contributed by atoms with van der Waals surface area (Å²) < 4.78 is 0. The number of hydrogen-bond acceptors (Lipinski definition) is 5. The number of benzene rings is 1. The second-order valence-electron chi connectivity index (χ2n) is 3.74. The maximum absolute atomic E-state index is 10.5. The molecule has 0 aromatic heterocycles. The number of nitrogens with two attached hydrogens (primary N) is 1. The molecule has 94 valence electrons. The Kier molecular flexibility index (Phi) is 4.89. The summed E-state index contributed by atoms with van der Waals surface area (Å²) in [6.45, 7) is 0.369. The van der Waals surface area contributed by atoms with Crippen LogP contribution >= 0.6 is 0 Å². The van der Waals surface area contributed by atoms with Crippen LogP contribution in [-0.2, 0) is 11.3 Å². The Balaban J connectivity index is 2.35. The zero-order valence-corrected chi connectivity index (χ0v) is 9.21. The number of aliphatic hydroxyl groups excluding tert-OH is 1. The van der Waals surface area contributed by atoms with Gasteiger partial charge in [0.05, 0.1) is 0 Å². The molecule has 1 aromatic carbocycles. The molecule has 0 fully saturated rings. The summed E-state index contributed by atoms with van der Waals surface area (Å²) in [6.07, 6.45) is -1.04. The van der Waals surface area contributed by atoms with E-state index in [1.54, 1.807) is 12.1 Å². The van der Waals surface area contributed by atoms with Crippen LogP contribution in [0.2, 0.25) is 0 Å². The van der Waals surface area contributed by atoms with E-state index in [9.17, 15) is 9.90 Å². The molecule has 2 atom stereocenters. The smallest absolute Gasteiger partial charge is 0.320 e. The van der Waals surface area contributed by atoms with E-state index < -0.39 is 18.2 Å². The number of aromatic hydroxyl groups is 1. The standard InChI is InChI=1S/C11H16N2O4/c12-9(11(16)17)5-10(15)13-6-7-1-3-8(14)4-2-7/h1-4,9-10,13-15H,5-6,12H2,(H,16,17)/t9-,10?/m0/s1. The second kappa shape index (κ2) is 6.19. The zero-order valence-electron chi connectivity index (χ0n) is 9.21. The predicted molar refractivity (Wildman–Crippen MR) is 61.2 cm³/mol. The SMILES string of the molecule is N[C@@H](CC(O)NCc1ccc(O)cc1)C(=O)O. The maximum Gasteiger partial charge on any atom is 0.320 e. The van der Waals surface area contributed by atoms with Crippen LogP contribution in [0.1, 0.15) is 12.0 Å². The summed E-state index contributed by atoms with van der Waals surface area (Å²) >= 11 is 0. The van der Waals surface area contributed by atoms with Crippen molar-refractivity contribution in [3.63, 3.8) is 0 Å². The van der Waals surface area contributed by atoms with Gasteiger partial charge in [-0.1, -0.05) is 12.1 Å². The lowest BCUT2D eigenvalue weighted by Gasteiger charge is -2.15. The Morgan fingerprint density at radius 2 is 1.94 bits per heavy atom. The topological polar surface area (TPSA) is 116 Å². The van der Waals surface area contributed by atoms with Crippen LogP contribution in [0.5, 0.6) is 5.75 Å². The Hall–Kier alpha value is -1.63. The van der Waals surface area contributed by atoms with E-state index >= 15 is 0 Å². The van der Waals surface area contributed by atoms with Crippen LogP contribution < -0.4 is 11.1 Å². The lowest BCUT2D eigenvalue weighted by Crippen LogP contribution is -2.39. The first-order valence-corrected chi connectivity index (χ1v) is 5.17. The summed E-state index contributed by atoms with van der Waals surface area (Å²) in [5.74, 6) is -0.974. The summed E-state index contributed by atoms with van der Waals surface area (Å²) in [7, 11) is 0. The molecule has 0 radical (unpaired) electrons. The molecular formula is C11H16N2O4. The number of phenols is 1. The minimum absolute atomic E-state index is 0.0621. The van der Waals surface area contributed by atoms with Crippen molar-refractivity contribution in [2.75, 3.05) is 0 Å². The number of hydrogen-bond donors (Lipinski definition) is 5. The first-order chi connectivity index (χ1) is 7.99. The van der Waals surface area contributed by atoms with Gasteiger partial charge in [-0.05, 0) is 17.7 Å². The van der Waals surface area contributed by atoms with E-state index in [4.69, 9.17) is 15.9 Å². The van der Waals surface area contributed by atoms with Crippen molar-refractivity contribution in [2.45, 2.75) is 25.2 Å².